The van der Waals surface area contributed by atoms with Crippen LogP contribution in [0.5, 0.6) is 0 Å². The lowest BCUT2D eigenvalue weighted by Gasteiger charge is -2.16. The molecule has 5 nitrogen and oxygen atoms in total. The Hall–Kier alpha value is -1.88. The van der Waals surface area contributed by atoms with Gasteiger partial charge in [-0.1, -0.05) is 25.0 Å². The second kappa shape index (κ2) is 6.71. The molecule has 2 heterocycles. The Bertz CT molecular complexity index is 663. The van der Waals surface area contributed by atoms with E-state index in [2.05, 4.69) is 21.7 Å². The molecule has 5 heteroatoms. The molecule has 2 aliphatic rings. The molecule has 0 radical (unpaired) electrons. The fraction of sp³-hybridized carbons (Fsp3) is 0.556. The van der Waals surface area contributed by atoms with E-state index in [9.17, 15) is 0 Å². The number of aromatic nitrogens is 2. The van der Waals surface area contributed by atoms with Crippen LogP contribution in [0.4, 0.5) is 11.8 Å². The molecule has 0 spiro atoms. The molecule has 0 unspecified atom stereocenters. The molecule has 1 saturated carbocycles. The number of ether oxygens (including phenoxy) is 1. The highest BCUT2D eigenvalue weighted by atomic mass is 16.5. The van der Waals surface area contributed by atoms with Crippen LogP contribution in [0.25, 0.3) is 10.9 Å². The van der Waals surface area contributed by atoms with E-state index in [4.69, 9.17) is 9.72 Å². The van der Waals surface area contributed by atoms with Crippen LogP contribution in [0.3, 0.4) is 0 Å². The highest BCUT2D eigenvalue weighted by molar-refractivity contribution is 5.90. The predicted molar refractivity (Wildman–Crippen MR) is 92.9 cm³/mol. The van der Waals surface area contributed by atoms with Crippen molar-refractivity contribution in [3.05, 3.63) is 24.3 Å². The molecule has 2 aromatic rings. The third-order valence-corrected chi connectivity index (χ3v) is 4.81. The molecule has 1 aliphatic heterocycles. The SMILES string of the molecule is c1ccc2c(NC3CCCC3)nc(NC[C@@H]3CCCO3)nc2c1. The van der Waals surface area contributed by atoms with Crippen molar-refractivity contribution in [1.29, 1.82) is 0 Å². The Morgan fingerprint density at radius 1 is 1.04 bits per heavy atom. The summed E-state index contributed by atoms with van der Waals surface area (Å²) in [5.74, 6) is 1.65. The van der Waals surface area contributed by atoms with E-state index in [1.54, 1.807) is 0 Å². The largest absolute Gasteiger partial charge is 0.376 e. The zero-order valence-corrected chi connectivity index (χ0v) is 13.4. The Labute approximate surface area is 136 Å². The summed E-state index contributed by atoms with van der Waals surface area (Å²) in [6.45, 7) is 1.65. The summed E-state index contributed by atoms with van der Waals surface area (Å²) in [6.07, 6.45) is 7.65. The molecule has 2 fully saturated rings. The molecule has 4 rings (SSSR count). The van der Waals surface area contributed by atoms with E-state index >= 15 is 0 Å². The quantitative estimate of drug-likeness (QED) is 0.884. The Kier molecular flexibility index (Phi) is 4.28. The average Bonchev–Trinajstić information content (AvgIpc) is 3.27. The van der Waals surface area contributed by atoms with Gasteiger partial charge in [-0.25, -0.2) is 4.98 Å². The van der Waals surface area contributed by atoms with E-state index in [0.29, 0.717) is 12.0 Å². The Morgan fingerprint density at radius 2 is 1.91 bits per heavy atom. The molecule has 1 aliphatic carbocycles. The van der Waals surface area contributed by atoms with Gasteiger partial charge in [0.15, 0.2) is 0 Å². The number of fused-ring (bicyclic) bond motifs is 1. The molecule has 0 bridgehead atoms. The summed E-state index contributed by atoms with van der Waals surface area (Å²) >= 11 is 0. The topological polar surface area (TPSA) is 59.1 Å². The van der Waals surface area contributed by atoms with Gasteiger partial charge in [-0.05, 0) is 37.8 Å². The predicted octanol–water partition coefficient (Wildman–Crippen LogP) is 3.58. The average molecular weight is 312 g/mol. The van der Waals surface area contributed by atoms with Crippen molar-refractivity contribution >= 4 is 22.7 Å². The van der Waals surface area contributed by atoms with Crippen molar-refractivity contribution in [3.8, 4) is 0 Å². The summed E-state index contributed by atoms with van der Waals surface area (Å²) in [7, 11) is 0. The van der Waals surface area contributed by atoms with Crippen molar-refractivity contribution in [2.24, 2.45) is 0 Å². The van der Waals surface area contributed by atoms with Crippen LogP contribution in [0, 0.1) is 0 Å². The molecule has 23 heavy (non-hydrogen) atoms. The van der Waals surface area contributed by atoms with Crippen LogP contribution in [-0.2, 0) is 4.74 Å². The molecule has 1 atom stereocenters. The molecule has 1 aromatic heterocycles. The number of rotatable bonds is 5. The minimum Gasteiger partial charge on any atom is -0.376 e. The minimum absolute atomic E-state index is 0.288. The monoisotopic (exact) mass is 312 g/mol. The first kappa shape index (κ1) is 14.7. The molecular weight excluding hydrogens is 288 g/mol. The molecule has 0 amide bonds. The molecular formula is C18H24N4O. The van der Waals surface area contributed by atoms with Gasteiger partial charge in [-0.2, -0.15) is 4.98 Å². The molecule has 122 valence electrons. The van der Waals surface area contributed by atoms with Crippen molar-refractivity contribution < 1.29 is 4.74 Å². The fourth-order valence-corrected chi connectivity index (χ4v) is 3.54. The summed E-state index contributed by atoms with van der Waals surface area (Å²) in [6, 6.07) is 8.76. The maximum Gasteiger partial charge on any atom is 0.225 e. The Balaban J connectivity index is 1.57. The van der Waals surface area contributed by atoms with E-state index in [0.717, 1.165) is 42.7 Å². The standard InChI is InChI=1S/C18H24N4O/c1-2-7-13(6-1)20-17-15-9-3-4-10-16(15)21-18(22-17)19-12-14-8-5-11-23-14/h3-4,9-10,13-14H,1-2,5-8,11-12H2,(H2,19,20,21,22)/t14-/m0/s1. The van der Waals surface area contributed by atoms with Gasteiger partial charge in [0, 0.05) is 24.6 Å². The third kappa shape index (κ3) is 3.39. The summed E-state index contributed by atoms with van der Waals surface area (Å²) in [5, 5.41) is 8.09. The van der Waals surface area contributed by atoms with Crippen LogP contribution in [0.1, 0.15) is 38.5 Å². The Morgan fingerprint density at radius 3 is 2.74 bits per heavy atom. The van der Waals surface area contributed by atoms with Crippen LogP contribution in [-0.4, -0.2) is 35.3 Å². The smallest absolute Gasteiger partial charge is 0.225 e. The summed E-state index contributed by atoms with van der Waals surface area (Å²) in [4.78, 5) is 9.39. The fourth-order valence-electron chi connectivity index (χ4n) is 3.54. The first-order valence-corrected chi connectivity index (χ1v) is 8.77. The maximum absolute atomic E-state index is 5.67. The second-order valence-corrected chi connectivity index (χ2v) is 6.55. The highest BCUT2D eigenvalue weighted by Crippen LogP contribution is 2.27. The zero-order valence-electron chi connectivity index (χ0n) is 13.4. The number of nitrogens with zero attached hydrogens (tertiary/aromatic N) is 2. The normalized spacial score (nSPS) is 21.8. The maximum atomic E-state index is 5.67. The number of anilines is 2. The lowest BCUT2D eigenvalue weighted by Crippen LogP contribution is -2.21. The van der Waals surface area contributed by atoms with Crippen molar-refractivity contribution in [2.45, 2.75) is 50.7 Å². The first-order chi connectivity index (χ1) is 11.4. The minimum atomic E-state index is 0.288. The van der Waals surface area contributed by atoms with Crippen LogP contribution in [0.2, 0.25) is 0 Å². The molecule has 2 N–H and O–H groups in total. The number of para-hydroxylation sites is 1. The van der Waals surface area contributed by atoms with Crippen LogP contribution < -0.4 is 10.6 Å². The van der Waals surface area contributed by atoms with E-state index in [-0.39, 0.29) is 6.10 Å². The molecule has 1 saturated heterocycles. The number of benzene rings is 1. The third-order valence-electron chi connectivity index (χ3n) is 4.81. The highest BCUT2D eigenvalue weighted by Gasteiger charge is 2.18. The van der Waals surface area contributed by atoms with Crippen molar-refractivity contribution in [3.63, 3.8) is 0 Å². The zero-order chi connectivity index (χ0) is 15.5. The van der Waals surface area contributed by atoms with Gasteiger partial charge in [0.05, 0.1) is 11.6 Å². The lowest BCUT2D eigenvalue weighted by molar-refractivity contribution is 0.120. The van der Waals surface area contributed by atoms with Gasteiger partial charge in [0.25, 0.3) is 0 Å². The van der Waals surface area contributed by atoms with Crippen molar-refractivity contribution in [1.82, 2.24) is 9.97 Å². The number of hydrogen-bond donors (Lipinski definition) is 2. The second-order valence-electron chi connectivity index (χ2n) is 6.55. The van der Waals surface area contributed by atoms with Gasteiger partial charge < -0.3 is 15.4 Å². The van der Waals surface area contributed by atoms with E-state index in [1.807, 2.05) is 18.2 Å². The summed E-state index contributed by atoms with van der Waals surface area (Å²) < 4.78 is 5.67. The number of nitrogens with one attached hydrogen (secondary N) is 2. The first-order valence-electron chi connectivity index (χ1n) is 8.77. The van der Waals surface area contributed by atoms with Gasteiger partial charge in [-0.15, -0.1) is 0 Å². The van der Waals surface area contributed by atoms with Gasteiger partial charge in [0.1, 0.15) is 5.82 Å². The van der Waals surface area contributed by atoms with Crippen LogP contribution in [0.15, 0.2) is 24.3 Å². The van der Waals surface area contributed by atoms with Crippen molar-refractivity contribution in [2.75, 3.05) is 23.8 Å². The van der Waals surface area contributed by atoms with E-state index < -0.39 is 0 Å². The molecule has 1 aromatic carbocycles. The summed E-state index contributed by atoms with van der Waals surface area (Å²) in [5.41, 5.74) is 0.984. The number of hydrogen-bond acceptors (Lipinski definition) is 5. The lowest BCUT2D eigenvalue weighted by atomic mass is 10.2. The van der Waals surface area contributed by atoms with Gasteiger partial charge in [-0.3, -0.25) is 0 Å². The van der Waals surface area contributed by atoms with E-state index in [1.165, 1.54) is 25.7 Å². The van der Waals surface area contributed by atoms with Crippen LogP contribution >= 0.6 is 0 Å². The van der Waals surface area contributed by atoms with Gasteiger partial charge in [0.2, 0.25) is 5.95 Å². The van der Waals surface area contributed by atoms with Gasteiger partial charge >= 0.3 is 0 Å².